The molecular formula is C38H62N14O11. The number of nitrogens with one attached hydrogen (secondary N) is 10. The zero-order chi connectivity index (χ0) is 47.7. The molecule has 0 unspecified atom stereocenters. The summed E-state index contributed by atoms with van der Waals surface area (Å²) in [5.41, 5.74) is 11.8. The Hall–Kier alpha value is -6.66. The first kappa shape index (κ1) is 52.5. The molecule has 1 aromatic rings. The SMILES string of the molecule is CC(C)[C@H](NC(=O)[C@H](C)NC(=O)CNC(=O)[C@@H]1CCCN1C(=O)[C@H](C)NC(=O)[C@H](C)NC(=O)[C@H](C)NC(=O)CNC(=O)[C@H](C)NC(=O)[C@H](C)NC(=O)[C@@H](N)Cc1cnc[nH]1)C(N)=O. The number of carbonyl (C=O) groups excluding carboxylic acids is 11. The van der Waals surface area contributed by atoms with Crippen molar-refractivity contribution < 1.29 is 52.7 Å². The number of carbonyl (C=O) groups is 11. The highest BCUT2D eigenvalue weighted by molar-refractivity contribution is 5.97. The number of rotatable bonds is 23. The Morgan fingerprint density at radius 1 is 0.651 bits per heavy atom. The third kappa shape index (κ3) is 17.0. The minimum Gasteiger partial charge on any atom is -0.368 e. The van der Waals surface area contributed by atoms with E-state index in [1.54, 1.807) is 13.8 Å². The van der Waals surface area contributed by atoms with E-state index in [1.807, 2.05) is 0 Å². The van der Waals surface area contributed by atoms with Gasteiger partial charge in [0.2, 0.25) is 65.0 Å². The molecule has 63 heavy (non-hydrogen) atoms. The quantitative estimate of drug-likeness (QED) is 0.0488. The predicted octanol–water partition coefficient (Wildman–Crippen LogP) is -5.84. The number of imidazole rings is 1. The van der Waals surface area contributed by atoms with Crippen LogP contribution >= 0.6 is 0 Å². The van der Waals surface area contributed by atoms with Crippen molar-refractivity contribution in [1.82, 2.24) is 62.7 Å². The number of hydrogen-bond acceptors (Lipinski definition) is 13. The molecule has 1 aliphatic rings. The molecule has 25 nitrogen and oxygen atoms in total. The summed E-state index contributed by atoms with van der Waals surface area (Å²) in [6, 6.07) is -9.55. The topological polar surface area (TPSA) is 380 Å². The first-order chi connectivity index (χ1) is 29.4. The molecular weight excluding hydrogens is 829 g/mol. The van der Waals surface area contributed by atoms with E-state index < -0.39 is 132 Å². The molecule has 11 amide bonds. The van der Waals surface area contributed by atoms with Crippen molar-refractivity contribution in [3.63, 3.8) is 0 Å². The van der Waals surface area contributed by atoms with E-state index in [-0.39, 0.29) is 25.3 Å². The molecule has 0 saturated carbocycles. The lowest BCUT2D eigenvalue weighted by Crippen LogP contribution is -2.57. The highest BCUT2D eigenvalue weighted by Gasteiger charge is 2.37. The van der Waals surface area contributed by atoms with Crippen LogP contribution in [0.5, 0.6) is 0 Å². The third-order valence-electron chi connectivity index (χ3n) is 9.81. The van der Waals surface area contributed by atoms with Crippen LogP contribution in [-0.2, 0) is 59.2 Å². The molecule has 350 valence electrons. The smallest absolute Gasteiger partial charge is 0.245 e. The number of likely N-dealkylation sites (tertiary alicyclic amines) is 1. The summed E-state index contributed by atoms with van der Waals surface area (Å²) >= 11 is 0. The van der Waals surface area contributed by atoms with Crippen LogP contribution in [-0.4, -0.2) is 154 Å². The van der Waals surface area contributed by atoms with E-state index >= 15 is 0 Å². The van der Waals surface area contributed by atoms with Gasteiger partial charge >= 0.3 is 0 Å². The summed E-state index contributed by atoms with van der Waals surface area (Å²) in [6.45, 7) is 10.7. The van der Waals surface area contributed by atoms with Gasteiger partial charge in [-0.1, -0.05) is 13.8 Å². The van der Waals surface area contributed by atoms with Gasteiger partial charge < -0.3 is 69.2 Å². The predicted molar refractivity (Wildman–Crippen MR) is 223 cm³/mol. The summed E-state index contributed by atoms with van der Waals surface area (Å²) in [5, 5.41) is 21.8. The van der Waals surface area contributed by atoms with Gasteiger partial charge in [0.15, 0.2) is 0 Å². The van der Waals surface area contributed by atoms with Crippen LogP contribution in [0.2, 0.25) is 0 Å². The highest BCUT2D eigenvalue weighted by atomic mass is 16.2. The van der Waals surface area contributed by atoms with Crippen LogP contribution in [0.15, 0.2) is 12.5 Å². The van der Waals surface area contributed by atoms with Crippen LogP contribution in [0.1, 0.15) is 73.9 Å². The fourth-order valence-electron chi connectivity index (χ4n) is 6.04. The van der Waals surface area contributed by atoms with Crippen LogP contribution < -0.4 is 59.3 Å². The van der Waals surface area contributed by atoms with Gasteiger partial charge in [-0.05, 0) is 60.3 Å². The number of aromatic nitrogens is 2. The monoisotopic (exact) mass is 890 g/mol. The highest BCUT2D eigenvalue weighted by Crippen LogP contribution is 2.18. The largest absolute Gasteiger partial charge is 0.368 e. The Kier molecular flexibility index (Phi) is 20.6. The average Bonchev–Trinajstić information content (AvgIpc) is 3.93. The first-order valence-electron chi connectivity index (χ1n) is 20.4. The Bertz CT molecular complexity index is 1840. The second-order valence-electron chi connectivity index (χ2n) is 15.6. The van der Waals surface area contributed by atoms with Crippen molar-refractivity contribution in [2.75, 3.05) is 19.6 Å². The second kappa shape index (κ2) is 24.7. The summed E-state index contributed by atoms with van der Waals surface area (Å²) in [6.07, 6.45) is 3.85. The summed E-state index contributed by atoms with van der Waals surface area (Å²) in [5.74, 6) is -7.90. The van der Waals surface area contributed by atoms with Crippen LogP contribution in [0, 0.1) is 5.92 Å². The minimum absolute atomic E-state index is 0.157. The first-order valence-corrected chi connectivity index (χ1v) is 20.4. The molecule has 0 spiro atoms. The van der Waals surface area contributed by atoms with Crippen LogP contribution in [0.25, 0.3) is 0 Å². The lowest BCUT2D eigenvalue weighted by molar-refractivity contribution is -0.141. The normalized spacial score (nSPS) is 17.2. The summed E-state index contributed by atoms with van der Waals surface area (Å²) < 4.78 is 0. The maximum absolute atomic E-state index is 13.3. The molecule has 2 rings (SSSR count). The molecule has 1 aliphatic heterocycles. The zero-order valence-electron chi connectivity index (χ0n) is 36.7. The maximum atomic E-state index is 13.3. The van der Waals surface area contributed by atoms with Crippen molar-refractivity contribution in [1.29, 1.82) is 0 Å². The zero-order valence-corrected chi connectivity index (χ0v) is 36.7. The maximum Gasteiger partial charge on any atom is 0.245 e. The lowest BCUT2D eigenvalue weighted by Gasteiger charge is -2.28. The number of hydrogen-bond donors (Lipinski definition) is 12. The molecule has 14 N–H and O–H groups in total. The van der Waals surface area contributed by atoms with Gasteiger partial charge in [-0.15, -0.1) is 0 Å². The van der Waals surface area contributed by atoms with E-state index in [0.29, 0.717) is 12.1 Å². The number of aromatic amines is 1. The number of amides is 11. The minimum atomic E-state index is -1.18. The Morgan fingerprint density at radius 2 is 1.11 bits per heavy atom. The lowest BCUT2D eigenvalue weighted by atomic mass is 10.0. The van der Waals surface area contributed by atoms with Crippen molar-refractivity contribution in [2.24, 2.45) is 17.4 Å². The van der Waals surface area contributed by atoms with Crippen molar-refractivity contribution in [2.45, 2.75) is 129 Å². The van der Waals surface area contributed by atoms with Gasteiger partial charge in [-0.2, -0.15) is 0 Å². The van der Waals surface area contributed by atoms with Gasteiger partial charge in [-0.3, -0.25) is 52.7 Å². The third-order valence-corrected chi connectivity index (χ3v) is 9.81. The van der Waals surface area contributed by atoms with Gasteiger partial charge in [0.1, 0.15) is 48.3 Å². The average molecular weight is 891 g/mol. The molecule has 0 bridgehead atoms. The molecule has 0 aliphatic carbocycles. The fraction of sp³-hybridized carbons (Fsp3) is 0.632. The van der Waals surface area contributed by atoms with E-state index in [4.69, 9.17) is 11.5 Å². The van der Waals surface area contributed by atoms with Crippen molar-refractivity contribution in [3.8, 4) is 0 Å². The number of primary amides is 1. The van der Waals surface area contributed by atoms with Gasteiger partial charge in [0, 0.05) is 24.9 Å². The molecule has 1 fully saturated rings. The number of H-pyrrole nitrogens is 1. The van der Waals surface area contributed by atoms with E-state index in [1.165, 1.54) is 59.0 Å². The summed E-state index contributed by atoms with van der Waals surface area (Å²) in [7, 11) is 0. The van der Waals surface area contributed by atoms with Gasteiger partial charge in [-0.25, -0.2) is 4.98 Å². The van der Waals surface area contributed by atoms with E-state index in [0.717, 1.165) is 0 Å². The fourth-order valence-corrected chi connectivity index (χ4v) is 6.04. The molecule has 0 radical (unpaired) electrons. The van der Waals surface area contributed by atoms with E-state index in [9.17, 15) is 52.7 Å². The standard InChI is InChI=1S/C38H62N14O11/c1-17(2)29(30(40)55)51-35(60)20(5)46-28(54)15-43-37(62)26-10-9-11-52(26)38(63)23(8)50-34(59)21(6)48-32(57)19(4)45-27(53)14-42-31(56)18(3)47-33(58)22(7)49-36(61)25(39)12-24-13-41-16-44-24/h13,16-23,25-26,29H,9-12,14-15,39H2,1-8H3,(H2,40,55)(H,41,44)(H,42,56)(H,43,62)(H,45,53)(H,46,54)(H,47,58)(H,48,57)(H,49,61)(H,50,59)(H,51,60)/t18-,19-,20-,21-,22-,23-,25-,26-,29-/m0/s1. The molecule has 25 heteroatoms. The number of nitrogens with two attached hydrogens (primary N) is 2. The Balaban J connectivity index is 1.76. The second-order valence-corrected chi connectivity index (χ2v) is 15.6. The van der Waals surface area contributed by atoms with Crippen LogP contribution in [0.4, 0.5) is 0 Å². The van der Waals surface area contributed by atoms with Crippen molar-refractivity contribution in [3.05, 3.63) is 18.2 Å². The van der Waals surface area contributed by atoms with Gasteiger partial charge in [0.05, 0.1) is 25.5 Å². The van der Waals surface area contributed by atoms with Crippen molar-refractivity contribution >= 4 is 65.0 Å². The summed E-state index contributed by atoms with van der Waals surface area (Å²) in [4.78, 5) is 147. The molecule has 2 heterocycles. The van der Waals surface area contributed by atoms with Gasteiger partial charge in [0.25, 0.3) is 0 Å². The number of nitrogens with zero attached hydrogens (tertiary/aromatic N) is 2. The molecule has 0 aromatic carbocycles. The Morgan fingerprint density at radius 3 is 1.60 bits per heavy atom. The molecule has 9 atom stereocenters. The van der Waals surface area contributed by atoms with Crippen LogP contribution in [0.3, 0.4) is 0 Å². The Labute approximate surface area is 364 Å². The van der Waals surface area contributed by atoms with E-state index in [2.05, 4.69) is 57.8 Å². The molecule has 1 saturated heterocycles. The molecule has 1 aromatic heterocycles.